The van der Waals surface area contributed by atoms with Crippen molar-refractivity contribution in [1.82, 2.24) is 20.3 Å². The normalized spacial score (nSPS) is 17.5. The number of aromatic nitrogens is 3. The molecule has 10 nitrogen and oxygen atoms in total. The molecule has 0 amide bonds. The molecule has 1 saturated heterocycles. The molecule has 2 aromatic heterocycles. The topological polar surface area (TPSA) is 119 Å². The lowest BCUT2D eigenvalue weighted by atomic mass is 9.85. The number of rotatable bonds is 8. The molecule has 2 aliphatic rings. The van der Waals surface area contributed by atoms with E-state index in [1.807, 2.05) is 4.90 Å². The Balaban J connectivity index is 1.43. The maximum absolute atomic E-state index is 14.6. The number of amidine groups is 1. The van der Waals surface area contributed by atoms with E-state index in [-0.39, 0.29) is 29.4 Å². The molecule has 0 spiro atoms. The number of methoxy groups -OCH3 is 1. The van der Waals surface area contributed by atoms with Gasteiger partial charge in [0.15, 0.2) is 22.5 Å². The van der Waals surface area contributed by atoms with Crippen LogP contribution in [-0.4, -0.2) is 59.5 Å². The molecular formula is C28H27ClF2N6O4S. The van der Waals surface area contributed by atoms with Crippen LogP contribution in [0.4, 0.5) is 14.7 Å². The summed E-state index contributed by atoms with van der Waals surface area (Å²) in [5.41, 5.74) is 1.53. The van der Waals surface area contributed by atoms with Gasteiger partial charge in [0.1, 0.15) is 6.04 Å². The molecule has 0 radical (unpaired) electrons. The number of esters is 2. The van der Waals surface area contributed by atoms with Gasteiger partial charge in [0, 0.05) is 59.8 Å². The van der Waals surface area contributed by atoms with E-state index >= 15 is 0 Å². The molecule has 0 saturated carbocycles. The van der Waals surface area contributed by atoms with Crippen LogP contribution in [-0.2, 0) is 25.5 Å². The standard InChI is InChI=1S/C28H27ClF2N6O4S/c1-3-41-19(38)12-15-13-33-28(34-14-15)37-9-6-16(7-10-37)23-20(27(39)40-2)24(17-4-5-18(30)22(31)21(17)29)36-25(35-23)26-32-8-11-42-26/h4-5,8,11,13-14,16,24H,3,6-7,9-10,12H2,1-2H3,(H,35,36). The maximum atomic E-state index is 14.6. The molecule has 3 aromatic rings. The zero-order chi connectivity index (χ0) is 29.8. The second-order valence-corrected chi connectivity index (χ2v) is 10.8. The Labute approximate surface area is 249 Å². The summed E-state index contributed by atoms with van der Waals surface area (Å²) in [4.78, 5) is 44.9. The van der Waals surface area contributed by atoms with Gasteiger partial charge in [-0.2, -0.15) is 0 Å². The number of ether oxygens (including phenoxy) is 2. The molecule has 5 rings (SSSR count). The Morgan fingerprint density at radius 2 is 1.90 bits per heavy atom. The zero-order valence-electron chi connectivity index (χ0n) is 22.8. The monoisotopic (exact) mass is 616 g/mol. The number of anilines is 1. The average Bonchev–Trinajstić information content (AvgIpc) is 3.55. The third-order valence-electron chi connectivity index (χ3n) is 7.01. The average molecular weight is 617 g/mol. The number of nitrogens with zero attached hydrogens (tertiary/aromatic N) is 5. The van der Waals surface area contributed by atoms with E-state index in [4.69, 9.17) is 21.1 Å². The van der Waals surface area contributed by atoms with Crippen LogP contribution < -0.4 is 10.2 Å². The number of benzene rings is 1. The summed E-state index contributed by atoms with van der Waals surface area (Å²) in [7, 11) is 1.25. The second-order valence-electron chi connectivity index (χ2n) is 9.56. The fourth-order valence-electron chi connectivity index (χ4n) is 5.00. The molecule has 14 heteroatoms. The van der Waals surface area contributed by atoms with E-state index in [2.05, 4.69) is 25.3 Å². The Hall–Kier alpha value is -3.97. The summed E-state index contributed by atoms with van der Waals surface area (Å²) in [6, 6.07) is 1.23. The number of hydrogen-bond donors (Lipinski definition) is 1. The Kier molecular flexibility index (Phi) is 9.07. The van der Waals surface area contributed by atoms with Crippen LogP contribution in [0.15, 0.2) is 52.4 Å². The molecule has 1 N–H and O–H groups in total. The molecule has 4 heterocycles. The number of hydrogen-bond acceptors (Lipinski definition) is 11. The van der Waals surface area contributed by atoms with Crippen LogP contribution in [0.3, 0.4) is 0 Å². The highest BCUT2D eigenvalue weighted by Crippen LogP contribution is 2.41. The van der Waals surface area contributed by atoms with Crippen molar-refractivity contribution in [3.05, 3.63) is 80.2 Å². The molecule has 42 heavy (non-hydrogen) atoms. The second kappa shape index (κ2) is 12.9. The van der Waals surface area contributed by atoms with Crippen molar-refractivity contribution < 1.29 is 27.8 Å². The van der Waals surface area contributed by atoms with E-state index in [1.165, 1.54) is 24.5 Å². The van der Waals surface area contributed by atoms with Crippen molar-refractivity contribution >= 4 is 46.7 Å². The Bertz CT molecular complexity index is 1530. The molecule has 220 valence electrons. The van der Waals surface area contributed by atoms with E-state index in [1.54, 1.807) is 30.9 Å². The van der Waals surface area contributed by atoms with Crippen molar-refractivity contribution in [2.75, 3.05) is 31.7 Å². The number of carbonyl (C=O) groups is 2. The van der Waals surface area contributed by atoms with E-state index < -0.39 is 28.7 Å². The number of carbonyl (C=O) groups excluding carboxylic acids is 2. The zero-order valence-corrected chi connectivity index (χ0v) is 24.3. The van der Waals surface area contributed by atoms with Crippen molar-refractivity contribution in [3.63, 3.8) is 0 Å². The van der Waals surface area contributed by atoms with Crippen molar-refractivity contribution in [1.29, 1.82) is 0 Å². The predicted octanol–water partition coefficient (Wildman–Crippen LogP) is 4.41. The molecule has 0 aliphatic carbocycles. The lowest BCUT2D eigenvalue weighted by molar-refractivity contribution is -0.142. The van der Waals surface area contributed by atoms with Gasteiger partial charge in [-0.3, -0.25) is 9.79 Å². The fraction of sp³-hybridized carbons (Fsp3) is 0.357. The number of allylic oxidation sites excluding steroid dienone is 1. The molecule has 2 aliphatic heterocycles. The van der Waals surface area contributed by atoms with Crippen LogP contribution in [0.25, 0.3) is 0 Å². The molecule has 1 unspecified atom stereocenters. The smallest absolute Gasteiger partial charge is 0.338 e. The van der Waals surface area contributed by atoms with Gasteiger partial charge in [-0.1, -0.05) is 17.7 Å². The molecule has 1 aromatic carbocycles. The van der Waals surface area contributed by atoms with E-state index in [9.17, 15) is 18.4 Å². The van der Waals surface area contributed by atoms with Crippen LogP contribution in [0.5, 0.6) is 0 Å². The first kappa shape index (κ1) is 29.5. The highest BCUT2D eigenvalue weighted by Gasteiger charge is 2.38. The van der Waals surface area contributed by atoms with Gasteiger partial charge in [-0.05, 0) is 25.8 Å². The first-order chi connectivity index (χ1) is 20.3. The minimum absolute atomic E-state index is 0.0957. The lowest BCUT2D eigenvalue weighted by Gasteiger charge is -2.36. The molecule has 1 fully saturated rings. The lowest BCUT2D eigenvalue weighted by Crippen LogP contribution is -2.42. The maximum Gasteiger partial charge on any atom is 0.338 e. The highest BCUT2D eigenvalue weighted by molar-refractivity contribution is 7.11. The summed E-state index contributed by atoms with van der Waals surface area (Å²) in [5, 5.41) is 5.19. The number of piperidine rings is 1. The SMILES string of the molecule is CCOC(=O)Cc1cnc(N2CCC(C3=C(C(=O)OC)C(c4ccc(F)c(F)c4Cl)N=C(c4nccs4)N3)CC2)nc1. The van der Waals surface area contributed by atoms with Crippen molar-refractivity contribution in [2.24, 2.45) is 10.9 Å². The summed E-state index contributed by atoms with van der Waals surface area (Å²) in [5.74, 6) is -2.55. The number of nitrogens with one attached hydrogen (secondary N) is 1. The first-order valence-corrected chi connectivity index (χ1v) is 14.5. The van der Waals surface area contributed by atoms with Gasteiger partial charge >= 0.3 is 11.9 Å². The summed E-state index contributed by atoms with van der Waals surface area (Å²) in [6.45, 7) is 3.20. The first-order valence-electron chi connectivity index (χ1n) is 13.2. The van der Waals surface area contributed by atoms with Gasteiger partial charge < -0.3 is 19.7 Å². The molecular weight excluding hydrogens is 590 g/mol. The summed E-state index contributed by atoms with van der Waals surface area (Å²) >= 11 is 7.60. The number of aliphatic imine (C=N–C) groups is 1. The summed E-state index contributed by atoms with van der Waals surface area (Å²) < 4.78 is 38.6. The van der Waals surface area contributed by atoms with Crippen LogP contribution >= 0.6 is 22.9 Å². The van der Waals surface area contributed by atoms with Gasteiger partial charge in [0.2, 0.25) is 5.95 Å². The van der Waals surface area contributed by atoms with E-state index in [0.29, 0.717) is 60.6 Å². The van der Waals surface area contributed by atoms with Crippen molar-refractivity contribution in [3.8, 4) is 0 Å². The third kappa shape index (κ3) is 6.12. The van der Waals surface area contributed by atoms with Gasteiger partial charge in [0.05, 0.1) is 30.7 Å². The van der Waals surface area contributed by atoms with Gasteiger partial charge in [-0.25, -0.2) is 28.5 Å². The summed E-state index contributed by atoms with van der Waals surface area (Å²) in [6.07, 6.45) is 6.16. The molecule has 0 bridgehead atoms. The minimum atomic E-state index is -1.22. The Morgan fingerprint density at radius 3 is 2.55 bits per heavy atom. The van der Waals surface area contributed by atoms with Crippen LogP contribution in [0, 0.1) is 17.6 Å². The largest absolute Gasteiger partial charge is 0.466 e. The number of halogens is 3. The van der Waals surface area contributed by atoms with Crippen molar-refractivity contribution in [2.45, 2.75) is 32.2 Å². The van der Waals surface area contributed by atoms with E-state index in [0.717, 1.165) is 6.07 Å². The van der Waals surface area contributed by atoms with Crippen LogP contribution in [0.1, 0.15) is 41.9 Å². The molecule has 1 atom stereocenters. The Morgan fingerprint density at radius 1 is 1.17 bits per heavy atom. The van der Waals surface area contributed by atoms with Gasteiger partial charge in [-0.15, -0.1) is 11.3 Å². The van der Waals surface area contributed by atoms with Gasteiger partial charge in [0.25, 0.3) is 0 Å². The number of thiazole rings is 1. The quantitative estimate of drug-likeness (QED) is 0.290. The minimum Gasteiger partial charge on any atom is -0.466 e. The fourth-order valence-corrected chi connectivity index (χ4v) is 5.84. The predicted molar refractivity (Wildman–Crippen MR) is 152 cm³/mol. The third-order valence-corrected chi connectivity index (χ3v) is 8.17. The highest BCUT2D eigenvalue weighted by atomic mass is 35.5. The van der Waals surface area contributed by atoms with Crippen LogP contribution in [0.2, 0.25) is 5.02 Å².